The van der Waals surface area contributed by atoms with Gasteiger partial charge < -0.3 is 29.6 Å². The van der Waals surface area contributed by atoms with Crippen molar-refractivity contribution in [3.63, 3.8) is 0 Å². The molecule has 8 heteroatoms. The van der Waals surface area contributed by atoms with Crippen LogP contribution in [0.5, 0.6) is 5.75 Å². The van der Waals surface area contributed by atoms with Gasteiger partial charge in [0.1, 0.15) is 11.4 Å². The number of hydrogen-bond donors (Lipinski definition) is 3. The van der Waals surface area contributed by atoms with Gasteiger partial charge >= 0.3 is 6.09 Å². The Balaban J connectivity index is 1.69. The van der Waals surface area contributed by atoms with E-state index < -0.39 is 11.7 Å². The summed E-state index contributed by atoms with van der Waals surface area (Å²) in [5, 5.41) is 15.0. The maximum atomic E-state index is 11.9. The third-order valence-electron chi connectivity index (χ3n) is 4.67. The number of hydrogen-bond acceptors (Lipinski definition) is 7. The molecule has 1 amide bonds. The molecule has 0 radical (unpaired) electrons. The summed E-state index contributed by atoms with van der Waals surface area (Å²) in [6, 6.07) is 13.8. The summed E-state index contributed by atoms with van der Waals surface area (Å²) < 4.78 is 16.7. The number of carbonyl (C=O) groups is 1. The van der Waals surface area contributed by atoms with Crippen LogP contribution in [0.3, 0.4) is 0 Å². The molecule has 0 saturated heterocycles. The van der Waals surface area contributed by atoms with Gasteiger partial charge in [0.2, 0.25) is 0 Å². The van der Waals surface area contributed by atoms with Crippen LogP contribution in [0, 0.1) is 0 Å². The summed E-state index contributed by atoms with van der Waals surface area (Å²) in [6.45, 7) is 5.94. The number of rotatable bonds is 9. The highest BCUT2D eigenvalue weighted by Gasteiger charge is 2.16. The molecule has 0 aliphatic carbocycles. The molecule has 3 rings (SSSR count). The molecule has 8 nitrogen and oxygen atoms in total. The average Bonchev–Trinajstić information content (AvgIpc) is 3.23. The molecule has 0 aliphatic rings. The van der Waals surface area contributed by atoms with E-state index in [1.807, 2.05) is 63.2 Å². The number of benzene rings is 2. The Hall–Kier alpha value is -3.52. The van der Waals surface area contributed by atoms with Gasteiger partial charge in [0, 0.05) is 18.8 Å². The van der Waals surface area contributed by atoms with Gasteiger partial charge in [0.15, 0.2) is 5.76 Å². The number of ether oxygens (including phenoxy) is 2. The number of nitrogens with zero attached hydrogens (tertiary/aromatic N) is 1. The van der Waals surface area contributed by atoms with Crippen molar-refractivity contribution in [3.05, 3.63) is 59.8 Å². The van der Waals surface area contributed by atoms with Crippen LogP contribution < -0.4 is 15.4 Å². The fraction of sp³-hybridized carbons (Fsp3) is 0.360. The first-order valence-electron chi connectivity index (χ1n) is 10.8. The van der Waals surface area contributed by atoms with Gasteiger partial charge in [-0.05, 0) is 69.0 Å². The largest absolute Gasteiger partial charge is 0.496 e. The number of nitrogens with one attached hydrogen (secondary N) is 2. The van der Waals surface area contributed by atoms with Crippen molar-refractivity contribution in [1.82, 2.24) is 10.3 Å². The molecule has 0 atom stereocenters. The van der Waals surface area contributed by atoms with Gasteiger partial charge in [0.05, 0.1) is 18.9 Å². The van der Waals surface area contributed by atoms with Crippen molar-refractivity contribution in [1.29, 1.82) is 0 Å². The highest BCUT2D eigenvalue weighted by Crippen LogP contribution is 2.33. The lowest BCUT2D eigenvalue weighted by atomic mass is 10.0. The van der Waals surface area contributed by atoms with Crippen LogP contribution in [-0.2, 0) is 17.7 Å². The first kappa shape index (κ1) is 24.1. The Morgan fingerprint density at radius 2 is 1.97 bits per heavy atom. The van der Waals surface area contributed by atoms with Crippen LogP contribution in [0.2, 0.25) is 0 Å². The number of aliphatic hydroxyl groups is 1. The molecule has 1 aromatic heterocycles. The van der Waals surface area contributed by atoms with E-state index >= 15 is 0 Å². The molecular formula is C25H31N3O5. The molecule has 3 aromatic rings. The van der Waals surface area contributed by atoms with E-state index in [2.05, 4.69) is 15.6 Å². The minimum atomic E-state index is -0.544. The van der Waals surface area contributed by atoms with E-state index in [9.17, 15) is 4.79 Å². The van der Waals surface area contributed by atoms with Gasteiger partial charge in [-0.25, -0.2) is 9.78 Å². The Morgan fingerprint density at radius 3 is 2.70 bits per heavy atom. The van der Waals surface area contributed by atoms with E-state index in [1.54, 1.807) is 13.3 Å². The lowest BCUT2D eigenvalue weighted by Gasteiger charge is -2.19. The van der Waals surface area contributed by atoms with Crippen LogP contribution >= 0.6 is 0 Å². The van der Waals surface area contributed by atoms with E-state index in [0.717, 1.165) is 28.8 Å². The topological polar surface area (TPSA) is 106 Å². The van der Waals surface area contributed by atoms with E-state index in [4.69, 9.17) is 19.0 Å². The standard InChI is InChI=1S/C25H31N3O5/c1-25(2,3)33-24(30)27-15-18-7-5-9-19(13-18)28-23-26-16-22(32-23)20-14-17(8-6-12-29)10-11-21(20)31-4/h5,7,9-11,13-14,16,29H,6,8,12,15H2,1-4H3,(H,26,28)(H,27,30). The predicted octanol–water partition coefficient (Wildman–Crippen LogP) is 5.04. The molecule has 1 heterocycles. The summed E-state index contributed by atoms with van der Waals surface area (Å²) in [7, 11) is 1.61. The molecule has 3 N–H and O–H groups in total. The smallest absolute Gasteiger partial charge is 0.407 e. The monoisotopic (exact) mass is 453 g/mol. The number of aliphatic hydroxyl groups excluding tert-OH is 1. The van der Waals surface area contributed by atoms with Gasteiger partial charge in [0.25, 0.3) is 6.01 Å². The fourth-order valence-corrected chi connectivity index (χ4v) is 3.21. The maximum absolute atomic E-state index is 11.9. The zero-order valence-electron chi connectivity index (χ0n) is 19.5. The van der Waals surface area contributed by atoms with Crippen molar-refractivity contribution in [2.45, 2.75) is 45.8 Å². The molecule has 0 saturated carbocycles. The summed E-state index contributed by atoms with van der Waals surface area (Å²) in [5.74, 6) is 1.25. The second-order valence-electron chi connectivity index (χ2n) is 8.57. The zero-order valence-corrected chi connectivity index (χ0v) is 19.5. The van der Waals surface area contributed by atoms with Gasteiger partial charge in [-0.1, -0.05) is 18.2 Å². The van der Waals surface area contributed by atoms with Crippen LogP contribution in [-0.4, -0.2) is 35.5 Å². The SMILES string of the molecule is COc1ccc(CCCO)cc1-c1cnc(Nc2cccc(CNC(=O)OC(C)(C)C)c2)o1. The van der Waals surface area contributed by atoms with E-state index in [0.29, 0.717) is 30.5 Å². The van der Waals surface area contributed by atoms with Crippen molar-refractivity contribution in [2.75, 3.05) is 19.0 Å². The summed E-state index contributed by atoms with van der Waals surface area (Å²) in [4.78, 5) is 16.2. The van der Waals surface area contributed by atoms with Crippen molar-refractivity contribution < 1.29 is 23.8 Å². The predicted molar refractivity (Wildman–Crippen MR) is 127 cm³/mol. The normalized spacial score (nSPS) is 11.2. The minimum Gasteiger partial charge on any atom is -0.496 e. The minimum absolute atomic E-state index is 0.143. The number of alkyl carbamates (subject to hydrolysis) is 1. The quantitative estimate of drug-likeness (QED) is 0.417. The lowest BCUT2D eigenvalue weighted by molar-refractivity contribution is 0.0523. The summed E-state index contributed by atoms with van der Waals surface area (Å²) in [6.07, 6.45) is 2.63. The lowest BCUT2D eigenvalue weighted by Crippen LogP contribution is -2.32. The van der Waals surface area contributed by atoms with Crippen LogP contribution in [0.25, 0.3) is 11.3 Å². The third-order valence-corrected chi connectivity index (χ3v) is 4.67. The molecule has 0 unspecified atom stereocenters. The van der Waals surface area contributed by atoms with E-state index in [1.165, 1.54) is 0 Å². The van der Waals surface area contributed by atoms with Crippen molar-refractivity contribution >= 4 is 17.8 Å². The number of carbonyl (C=O) groups excluding carboxylic acids is 1. The van der Waals surface area contributed by atoms with Crippen LogP contribution in [0.4, 0.5) is 16.5 Å². The number of aromatic nitrogens is 1. The average molecular weight is 454 g/mol. The second-order valence-corrected chi connectivity index (χ2v) is 8.57. The maximum Gasteiger partial charge on any atom is 0.407 e. The van der Waals surface area contributed by atoms with E-state index in [-0.39, 0.29) is 6.61 Å². The van der Waals surface area contributed by atoms with Crippen LogP contribution in [0.15, 0.2) is 53.1 Å². The Bertz CT molecular complexity index is 1070. The Kier molecular flexibility index (Phi) is 7.95. The Labute approximate surface area is 193 Å². The highest BCUT2D eigenvalue weighted by atomic mass is 16.6. The molecule has 0 bridgehead atoms. The first-order chi connectivity index (χ1) is 15.8. The van der Waals surface area contributed by atoms with Gasteiger partial charge in [-0.15, -0.1) is 0 Å². The Morgan fingerprint density at radius 1 is 1.15 bits per heavy atom. The molecule has 0 fully saturated rings. The molecule has 0 spiro atoms. The number of aryl methyl sites for hydroxylation is 1. The van der Waals surface area contributed by atoms with Gasteiger partial charge in [-0.3, -0.25) is 0 Å². The summed E-state index contributed by atoms with van der Waals surface area (Å²) in [5.41, 5.74) is 3.00. The fourth-order valence-electron chi connectivity index (χ4n) is 3.21. The number of methoxy groups -OCH3 is 1. The first-order valence-corrected chi connectivity index (χ1v) is 10.8. The van der Waals surface area contributed by atoms with Crippen LogP contribution in [0.1, 0.15) is 38.3 Å². The van der Waals surface area contributed by atoms with Crippen molar-refractivity contribution in [2.24, 2.45) is 0 Å². The number of amides is 1. The third kappa shape index (κ3) is 7.25. The zero-order chi connectivity index (χ0) is 23.8. The highest BCUT2D eigenvalue weighted by molar-refractivity contribution is 5.68. The second kappa shape index (κ2) is 10.9. The molecular weight excluding hydrogens is 422 g/mol. The molecule has 0 aliphatic heterocycles. The van der Waals surface area contributed by atoms with Gasteiger partial charge in [-0.2, -0.15) is 0 Å². The molecule has 33 heavy (non-hydrogen) atoms. The molecule has 2 aromatic carbocycles. The van der Waals surface area contributed by atoms with Crippen molar-refractivity contribution in [3.8, 4) is 17.1 Å². The number of anilines is 2. The number of oxazole rings is 1. The summed E-state index contributed by atoms with van der Waals surface area (Å²) >= 11 is 0. The molecule has 176 valence electrons.